The van der Waals surface area contributed by atoms with E-state index < -0.39 is 35.4 Å². The minimum absolute atomic E-state index is 0.0248. The number of amides is 4. The Morgan fingerprint density at radius 2 is 2.00 bits per heavy atom. The summed E-state index contributed by atoms with van der Waals surface area (Å²) in [6.07, 6.45) is 2.64. The van der Waals surface area contributed by atoms with E-state index in [1.165, 1.54) is 6.20 Å². The largest absolute Gasteiger partial charge is 0.374 e. The van der Waals surface area contributed by atoms with E-state index in [1.807, 2.05) is 11.0 Å². The number of barbiturate groups is 1. The normalized spacial score (nSPS) is 23.8. The van der Waals surface area contributed by atoms with Crippen LogP contribution in [0, 0.1) is 5.41 Å². The Bertz CT molecular complexity index is 1320. The van der Waals surface area contributed by atoms with Gasteiger partial charge in [0.25, 0.3) is 0 Å². The van der Waals surface area contributed by atoms with Crippen LogP contribution in [0.3, 0.4) is 0 Å². The fourth-order valence-corrected chi connectivity index (χ4v) is 5.67. The van der Waals surface area contributed by atoms with Crippen LogP contribution in [0.25, 0.3) is 22.2 Å². The summed E-state index contributed by atoms with van der Waals surface area (Å²) in [5.41, 5.74) is 1.36. The average molecular weight is 469 g/mol. The number of carbonyl (C=O) groups excluding carboxylic acids is 3. The molecule has 33 heavy (non-hydrogen) atoms. The summed E-state index contributed by atoms with van der Waals surface area (Å²) >= 11 is 6.85. The van der Waals surface area contributed by atoms with Gasteiger partial charge < -0.3 is 14.2 Å². The molecule has 1 spiro atoms. The number of nitrogens with one attached hydrogen (secondary N) is 2. The highest BCUT2D eigenvalue weighted by molar-refractivity contribution is 6.38. The zero-order valence-corrected chi connectivity index (χ0v) is 18.0. The number of urea groups is 1. The second-order valence-corrected chi connectivity index (χ2v) is 8.71. The van der Waals surface area contributed by atoms with Gasteiger partial charge in [0, 0.05) is 12.1 Å². The number of fused-ring (bicyclic) bond motifs is 5. The van der Waals surface area contributed by atoms with Crippen LogP contribution < -0.4 is 15.5 Å². The molecule has 12 heteroatoms. The number of hydrogen-bond acceptors (Lipinski definition) is 9. The highest BCUT2D eigenvalue weighted by atomic mass is 35.5. The van der Waals surface area contributed by atoms with Crippen molar-refractivity contribution in [2.45, 2.75) is 25.5 Å². The number of carbonyl (C=O) groups is 3. The van der Waals surface area contributed by atoms with Crippen LogP contribution in [-0.4, -0.2) is 58.5 Å². The van der Waals surface area contributed by atoms with Crippen molar-refractivity contribution in [2.24, 2.45) is 5.41 Å². The van der Waals surface area contributed by atoms with Crippen LogP contribution in [0.1, 0.15) is 12.5 Å². The average Bonchev–Trinajstić information content (AvgIpc) is 3.22. The lowest BCUT2D eigenvalue weighted by Gasteiger charge is -2.54. The third kappa shape index (κ3) is 2.66. The highest BCUT2D eigenvalue weighted by Gasteiger charge is 2.62. The molecule has 0 unspecified atom stereocenters. The maximum atomic E-state index is 13.2. The van der Waals surface area contributed by atoms with Crippen LogP contribution in [0.15, 0.2) is 29.0 Å². The van der Waals surface area contributed by atoms with Crippen molar-refractivity contribution >= 4 is 46.1 Å². The Labute approximate surface area is 191 Å². The minimum atomic E-state index is -1.58. The number of rotatable bonds is 1. The van der Waals surface area contributed by atoms with Gasteiger partial charge in [0.15, 0.2) is 11.0 Å². The molecular formula is C21H17ClN6O5. The Hall–Kier alpha value is -3.57. The summed E-state index contributed by atoms with van der Waals surface area (Å²) in [5, 5.41) is 17.4. The van der Waals surface area contributed by atoms with Crippen LogP contribution in [0.2, 0.25) is 5.02 Å². The van der Waals surface area contributed by atoms with E-state index >= 15 is 0 Å². The first-order valence-corrected chi connectivity index (χ1v) is 10.7. The summed E-state index contributed by atoms with van der Waals surface area (Å²) in [4.78, 5) is 40.2. The molecule has 4 amide bonds. The number of ether oxygens (including phenoxy) is 1. The Morgan fingerprint density at radius 1 is 1.21 bits per heavy atom. The number of hydrogen-bond donors (Lipinski definition) is 2. The van der Waals surface area contributed by atoms with Crippen molar-refractivity contribution in [3.8, 4) is 11.3 Å². The number of nitrogens with zero attached hydrogens (tertiary/aromatic N) is 4. The van der Waals surface area contributed by atoms with Crippen LogP contribution in [0.4, 0.5) is 10.5 Å². The molecular weight excluding hydrogens is 452 g/mol. The van der Waals surface area contributed by atoms with Gasteiger partial charge >= 0.3 is 6.03 Å². The highest BCUT2D eigenvalue weighted by Crippen LogP contribution is 2.51. The summed E-state index contributed by atoms with van der Waals surface area (Å²) in [5.74, 6) is -1.32. The predicted molar refractivity (Wildman–Crippen MR) is 114 cm³/mol. The lowest BCUT2D eigenvalue weighted by molar-refractivity contribution is -0.151. The van der Waals surface area contributed by atoms with Gasteiger partial charge in [0.1, 0.15) is 10.7 Å². The molecule has 2 aromatic heterocycles. The first kappa shape index (κ1) is 20.1. The van der Waals surface area contributed by atoms with Gasteiger partial charge in [-0.2, -0.15) is 10.2 Å². The Kier molecular flexibility index (Phi) is 4.23. The lowest BCUT2D eigenvalue weighted by atomic mass is 9.66. The van der Waals surface area contributed by atoms with Crippen molar-refractivity contribution in [1.82, 2.24) is 26.0 Å². The molecule has 11 nitrogen and oxygen atoms in total. The lowest BCUT2D eigenvalue weighted by Crippen LogP contribution is -2.74. The van der Waals surface area contributed by atoms with E-state index in [2.05, 4.69) is 26.0 Å². The Morgan fingerprint density at radius 3 is 2.73 bits per heavy atom. The summed E-state index contributed by atoms with van der Waals surface area (Å²) in [7, 11) is 0. The first-order chi connectivity index (χ1) is 15.9. The molecule has 2 saturated heterocycles. The summed E-state index contributed by atoms with van der Waals surface area (Å²) in [6, 6.07) is 2.07. The quantitative estimate of drug-likeness (QED) is 0.507. The van der Waals surface area contributed by atoms with E-state index in [4.69, 9.17) is 20.9 Å². The number of benzene rings is 1. The zero-order chi connectivity index (χ0) is 22.9. The molecule has 168 valence electrons. The number of aromatic nitrogens is 3. The summed E-state index contributed by atoms with van der Waals surface area (Å²) < 4.78 is 11.4. The number of morpholine rings is 1. The van der Waals surface area contributed by atoms with Gasteiger partial charge in [-0.05, 0) is 31.0 Å². The van der Waals surface area contributed by atoms with Crippen molar-refractivity contribution in [3.63, 3.8) is 0 Å². The van der Waals surface area contributed by atoms with E-state index in [-0.39, 0.29) is 6.42 Å². The van der Waals surface area contributed by atoms with E-state index in [9.17, 15) is 14.4 Å². The second kappa shape index (κ2) is 6.96. The van der Waals surface area contributed by atoms with E-state index in [1.54, 1.807) is 19.2 Å². The predicted octanol–water partition coefficient (Wildman–Crippen LogP) is 1.44. The van der Waals surface area contributed by atoms with Gasteiger partial charge in [0.05, 0.1) is 42.2 Å². The standard InChI is InChI=1S/C21H17ClN6O5/c1-9-17-21(18(29)25-20(31)26-19(21)30)7-11-6-12-14(10-2-3-23-24-8-10)27-33-16(12)13(22)15(11)28(17)4-5-32-9/h2-3,6,8-9,17H,4-5,7H2,1H3,(H2,25,26,29,30,31)/t9-,17+/m0/s1. The number of anilines is 1. The fourth-order valence-electron chi connectivity index (χ4n) is 5.30. The number of halogens is 1. The number of imide groups is 2. The molecule has 6 rings (SSSR count). The van der Waals surface area contributed by atoms with Crippen molar-refractivity contribution < 1.29 is 23.6 Å². The molecule has 5 heterocycles. The third-order valence-corrected chi connectivity index (χ3v) is 6.99. The Balaban J connectivity index is 1.60. The van der Waals surface area contributed by atoms with Crippen molar-refractivity contribution in [2.75, 3.05) is 18.1 Å². The van der Waals surface area contributed by atoms with Crippen LogP contribution in [0.5, 0.6) is 0 Å². The maximum Gasteiger partial charge on any atom is 0.328 e. The van der Waals surface area contributed by atoms with Crippen molar-refractivity contribution in [3.05, 3.63) is 35.1 Å². The molecule has 3 aliphatic rings. The molecule has 0 bridgehead atoms. The SMILES string of the molecule is C[C@@H]1OCCN2c3c(cc4c(-c5ccnnc5)noc4c3Cl)CC3(C(=O)NC(=O)NC3=O)[C@@H]12. The van der Waals surface area contributed by atoms with Crippen LogP contribution >= 0.6 is 11.6 Å². The van der Waals surface area contributed by atoms with Gasteiger partial charge in [-0.3, -0.25) is 20.2 Å². The molecule has 3 aromatic rings. The third-order valence-electron chi connectivity index (χ3n) is 6.63. The van der Waals surface area contributed by atoms with Gasteiger partial charge in [-0.1, -0.05) is 16.8 Å². The van der Waals surface area contributed by atoms with Gasteiger partial charge in [-0.15, -0.1) is 0 Å². The molecule has 2 N–H and O–H groups in total. The van der Waals surface area contributed by atoms with E-state index in [0.29, 0.717) is 51.7 Å². The molecule has 2 fully saturated rings. The molecule has 2 atom stereocenters. The smallest absolute Gasteiger partial charge is 0.328 e. The molecule has 1 aromatic carbocycles. The molecule has 3 aliphatic heterocycles. The molecule has 0 radical (unpaired) electrons. The molecule has 0 aliphatic carbocycles. The van der Waals surface area contributed by atoms with Gasteiger partial charge in [-0.25, -0.2) is 4.79 Å². The zero-order valence-electron chi connectivity index (χ0n) is 17.3. The van der Waals surface area contributed by atoms with E-state index in [0.717, 1.165) is 0 Å². The minimum Gasteiger partial charge on any atom is -0.374 e. The second-order valence-electron chi connectivity index (χ2n) is 8.34. The van der Waals surface area contributed by atoms with Crippen LogP contribution in [-0.2, 0) is 20.7 Å². The topological polar surface area (TPSA) is 140 Å². The molecule has 0 saturated carbocycles. The monoisotopic (exact) mass is 468 g/mol. The maximum absolute atomic E-state index is 13.2. The van der Waals surface area contributed by atoms with Gasteiger partial charge in [0.2, 0.25) is 11.8 Å². The first-order valence-electron chi connectivity index (χ1n) is 10.3. The fraction of sp³-hybridized carbons (Fsp3) is 0.333. The summed E-state index contributed by atoms with van der Waals surface area (Å²) in [6.45, 7) is 2.59. The van der Waals surface area contributed by atoms with Crippen molar-refractivity contribution in [1.29, 1.82) is 0 Å².